The van der Waals surface area contributed by atoms with Crippen molar-refractivity contribution in [3.8, 4) is 0 Å². The van der Waals surface area contributed by atoms with Crippen molar-refractivity contribution in [2.45, 2.75) is 52.9 Å². The number of Topliss-reactive ketones (excluding diaryl/α,β-unsaturated/α-hetero) is 4. The van der Waals surface area contributed by atoms with Crippen LogP contribution in [0.25, 0.3) is 0 Å². The number of hydrogen-bond donors (Lipinski definition) is 3. The van der Waals surface area contributed by atoms with Crippen LogP contribution >= 0.6 is 37.9 Å². The molecule has 204 valence electrons. The highest BCUT2D eigenvalue weighted by atomic mass is 32.1. The van der Waals surface area contributed by atoms with Crippen LogP contribution in [0.1, 0.15) is 52.9 Å². The smallest absolute Gasteiger partial charge is 0.306 e. The number of rotatable bonds is 19. The van der Waals surface area contributed by atoms with Crippen LogP contribution < -0.4 is 0 Å². The fraction of sp³-hybridized carbons (Fsp3) is 0.696. The van der Waals surface area contributed by atoms with E-state index in [1.54, 1.807) is 0 Å². The summed E-state index contributed by atoms with van der Waals surface area (Å²) in [5, 5.41) is 0. The van der Waals surface area contributed by atoms with Crippen LogP contribution in [0.2, 0.25) is 0 Å². The maximum absolute atomic E-state index is 13.4. The molecule has 0 bridgehead atoms. The van der Waals surface area contributed by atoms with Crippen LogP contribution in [-0.2, 0) is 47.8 Å². The zero-order valence-corrected chi connectivity index (χ0v) is 23.4. The summed E-state index contributed by atoms with van der Waals surface area (Å²) in [7, 11) is 0. The van der Waals surface area contributed by atoms with E-state index in [2.05, 4.69) is 37.9 Å². The number of carbonyl (C=O) groups is 7. The van der Waals surface area contributed by atoms with Crippen molar-refractivity contribution in [3.63, 3.8) is 0 Å². The van der Waals surface area contributed by atoms with Gasteiger partial charge in [0, 0.05) is 17.3 Å². The average molecular weight is 567 g/mol. The van der Waals surface area contributed by atoms with Crippen LogP contribution in [0.4, 0.5) is 0 Å². The molecular weight excluding hydrogens is 532 g/mol. The molecule has 0 fully saturated rings. The van der Waals surface area contributed by atoms with Gasteiger partial charge in [-0.1, -0.05) is 0 Å². The van der Waals surface area contributed by atoms with Gasteiger partial charge in [-0.05, 0) is 20.8 Å². The number of carbonyl (C=O) groups excluding carboxylic acids is 7. The molecule has 0 amide bonds. The van der Waals surface area contributed by atoms with Crippen LogP contribution in [-0.4, -0.2) is 78.1 Å². The van der Waals surface area contributed by atoms with Gasteiger partial charge >= 0.3 is 17.9 Å². The molecular formula is C23H34O10S3. The number of esters is 3. The summed E-state index contributed by atoms with van der Waals surface area (Å²) < 4.78 is 15.9. The molecule has 0 heterocycles. The molecule has 13 heteroatoms. The first-order valence-corrected chi connectivity index (χ1v) is 13.0. The number of thiol groups is 3. The highest BCUT2D eigenvalue weighted by Gasteiger charge is 2.60. The predicted molar refractivity (Wildman–Crippen MR) is 139 cm³/mol. The molecule has 0 aliphatic heterocycles. The predicted octanol–water partition coefficient (Wildman–Crippen LogP) is 1.66. The number of ether oxygens (including phenoxy) is 3. The van der Waals surface area contributed by atoms with Crippen molar-refractivity contribution in [3.05, 3.63) is 0 Å². The first kappa shape index (κ1) is 34.1. The number of hydrogen-bond acceptors (Lipinski definition) is 13. The molecule has 0 spiro atoms. The molecule has 0 N–H and O–H groups in total. The lowest BCUT2D eigenvalue weighted by molar-refractivity contribution is -0.183. The summed E-state index contributed by atoms with van der Waals surface area (Å²) in [5.74, 6) is -4.72. The molecule has 0 aromatic heterocycles. The van der Waals surface area contributed by atoms with Gasteiger partial charge < -0.3 is 14.2 Å². The first-order chi connectivity index (χ1) is 16.8. The second-order valence-corrected chi connectivity index (χ2v) is 9.75. The van der Waals surface area contributed by atoms with Gasteiger partial charge in [-0.15, -0.1) is 0 Å². The second-order valence-electron chi connectivity index (χ2n) is 8.41. The Kier molecular flexibility index (Phi) is 15.9. The minimum Gasteiger partial charge on any atom is -0.465 e. The lowest BCUT2D eigenvalue weighted by atomic mass is 9.59. The van der Waals surface area contributed by atoms with E-state index >= 15 is 0 Å². The minimum atomic E-state index is -2.21. The van der Waals surface area contributed by atoms with E-state index in [0.717, 1.165) is 13.8 Å². The third-order valence-electron chi connectivity index (χ3n) is 5.47. The Morgan fingerprint density at radius 1 is 0.583 bits per heavy atom. The van der Waals surface area contributed by atoms with Crippen molar-refractivity contribution in [1.82, 2.24) is 0 Å². The van der Waals surface area contributed by atoms with Crippen molar-refractivity contribution in [1.29, 1.82) is 0 Å². The van der Waals surface area contributed by atoms with Gasteiger partial charge in [-0.25, -0.2) is 0 Å². The lowest BCUT2D eigenvalue weighted by Gasteiger charge is -2.45. The van der Waals surface area contributed by atoms with Crippen molar-refractivity contribution in [2.24, 2.45) is 10.8 Å². The van der Waals surface area contributed by atoms with Crippen LogP contribution in [0.5, 0.6) is 0 Å². The van der Waals surface area contributed by atoms with E-state index in [9.17, 15) is 33.6 Å². The summed E-state index contributed by atoms with van der Waals surface area (Å²) in [6.45, 7) is 1.39. The second kappa shape index (κ2) is 16.8. The molecule has 0 unspecified atom stereocenters. The fourth-order valence-corrected chi connectivity index (χ4v) is 3.80. The highest BCUT2D eigenvalue weighted by Crippen LogP contribution is 2.44. The molecule has 10 nitrogen and oxygen atoms in total. The summed E-state index contributed by atoms with van der Waals surface area (Å²) in [4.78, 5) is 87.2. The van der Waals surface area contributed by atoms with Gasteiger partial charge in [-0.2, -0.15) is 37.9 Å². The molecule has 0 saturated heterocycles. The lowest BCUT2D eigenvalue weighted by Crippen LogP contribution is -2.59. The van der Waals surface area contributed by atoms with Gasteiger partial charge in [0.25, 0.3) is 0 Å². The van der Waals surface area contributed by atoms with E-state index in [0.29, 0.717) is 0 Å². The van der Waals surface area contributed by atoms with E-state index in [1.165, 1.54) is 6.92 Å². The van der Waals surface area contributed by atoms with Crippen molar-refractivity contribution >= 4 is 78.9 Å². The third-order valence-corrected chi connectivity index (χ3v) is 6.14. The SMILES string of the molecule is CC(=O)CC(=O)C(C)(C(=O)CC(C)=O)C(COC(=O)CCS)(COC(=O)CCS)COC(=O)CCS. The van der Waals surface area contributed by atoms with E-state index in [4.69, 9.17) is 14.2 Å². The molecule has 0 radical (unpaired) electrons. The summed E-state index contributed by atoms with van der Waals surface area (Å²) in [5.41, 5.74) is -4.16. The zero-order valence-electron chi connectivity index (χ0n) is 20.7. The average Bonchev–Trinajstić information content (AvgIpc) is 2.77. The summed E-state index contributed by atoms with van der Waals surface area (Å²) in [6.07, 6.45) is -1.73. The van der Waals surface area contributed by atoms with Crippen LogP contribution in [0.15, 0.2) is 0 Å². The molecule has 0 aliphatic carbocycles. The van der Waals surface area contributed by atoms with Crippen molar-refractivity contribution in [2.75, 3.05) is 37.1 Å². The van der Waals surface area contributed by atoms with Gasteiger partial charge in [0.1, 0.15) is 36.8 Å². The van der Waals surface area contributed by atoms with Crippen LogP contribution in [0.3, 0.4) is 0 Å². The fourth-order valence-electron chi connectivity index (χ4n) is 3.26. The topological polar surface area (TPSA) is 147 Å². The monoisotopic (exact) mass is 566 g/mol. The van der Waals surface area contributed by atoms with Crippen LogP contribution in [0, 0.1) is 10.8 Å². The maximum Gasteiger partial charge on any atom is 0.306 e. The van der Waals surface area contributed by atoms with Gasteiger partial charge in [-0.3, -0.25) is 33.6 Å². The van der Waals surface area contributed by atoms with Gasteiger partial charge in [0.05, 0.1) is 37.5 Å². The first-order valence-electron chi connectivity index (χ1n) is 11.1. The summed E-state index contributed by atoms with van der Waals surface area (Å²) >= 11 is 11.9. The molecule has 0 aromatic carbocycles. The highest BCUT2D eigenvalue weighted by molar-refractivity contribution is 7.80. The van der Waals surface area contributed by atoms with Gasteiger partial charge in [0.2, 0.25) is 0 Å². The Balaban J connectivity index is 6.88. The standard InChI is InChI=1S/C23H34O10S3/c1-15(24)10-17(26)22(3,18(27)11-16(2)25)23(12-31-19(28)4-7-34,13-32-20(29)5-8-35)14-33-21(30)6-9-36/h34-36H,4-14H2,1-3H3. The summed E-state index contributed by atoms with van der Waals surface area (Å²) in [6, 6.07) is 0. The molecule has 36 heavy (non-hydrogen) atoms. The Hall–Kier alpha value is -1.86. The van der Waals surface area contributed by atoms with E-state index in [-0.39, 0.29) is 36.5 Å². The Morgan fingerprint density at radius 2 is 0.861 bits per heavy atom. The normalized spacial score (nSPS) is 11.4. The Bertz CT molecular complexity index is 757. The zero-order chi connectivity index (χ0) is 27.9. The van der Waals surface area contributed by atoms with Gasteiger partial charge in [0.15, 0.2) is 11.6 Å². The Labute approximate surface area is 227 Å². The number of ketones is 4. The maximum atomic E-state index is 13.4. The van der Waals surface area contributed by atoms with E-state index in [1.807, 2.05) is 0 Å². The largest absolute Gasteiger partial charge is 0.465 e. The molecule has 0 atom stereocenters. The molecule has 0 aromatic rings. The molecule has 0 aliphatic rings. The van der Waals surface area contributed by atoms with E-state index < -0.39 is 84.5 Å². The Morgan fingerprint density at radius 3 is 1.08 bits per heavy atom. The molecule has 0 rings (SSSR count). The third kappa shape index (κ3) is 10.6. The van der Waals surface area contributed by atoms with Crippen molar-refractivity contribution < 1.29 is 47.8 Å². The minimum absolute atomic E-state index is 0.114. The quantitative estimate of drug-likeness (QED) is 0.0913. The molecule has 0 saturated carbocycles.